The summed E-state index contributed by atoms with van der Waals surface area (Å²) in [4.78, 5) is 13.9. The lowest BCUT2D eigenvalue weighted by Crippen LogP contribution is -2.28. The van der Waals surface area contributed by atoms with Crippen LogP contribution >= 0.6 is 0 Å². The molecule has 0 saturated carbocycles. The standard InChI is InChI=1S/C19H24N2O4S/c1-15-10-11-17(14-18(15)19(22)25-3)26(23,24)20-12-7-13-21(2)16-8-5-4-6-9-16/h4-6,8-11,14,20H,7,12-13H2,1-3H3. The van der Waals surface area contributed by atoms with Gasteiger partial charge in [0.05, 0.1) is 17.6 Å². The van der Waals surface area contributed by atoms with Gasteiger partial charge in [-0.3, -0.25) is 0 Å². The van der Waals surface area contributed by atoms with Gasteiger partial charge in [-0.05, 0) is 43.2 Å². The fourth-order valence-corrected chi connectivity index (χ4v) is 3.62. The SMILES string of the molecule is COC(=O)c1cc(S(=O)(=O)NCCCN(C)c2ccccc2)ccc1C. The van der Waals surface area contributed by atoms with E-state index in [1.165, 1.54) is 19.2 Å². The lowest BCUT2D eigenvalue weighted by molar-refractivity contribution is 0.0599. The van der Waals surface area contributed by atoms with Crippen molar-refractivity contribution >= 4 is 21.7 Å². The Balaban J connectivity index is 1.96. The van der Waals surface area contributed by atoms with Crippen molar-refractivity contribution in [3.8, 4) is 0 Å². The van der Waals surface area contributed by atoms with Gasteiger partial charge in [-0.25, -0.2) is 17.9 Å². The Labute approximate surface area is 154 Å². The van der Waals surface area contributed by atoms with Crippen LogP contribution in [-0.2, 0) is 14.8 Å². The van der Waals surface area contributed by atoms with Crippen molar-refractivity contribution in [3.63, 3.8) is 0 Å². The van der Waals surface area contributed by atoms with Gasteiger partial charge in [0.25, 0.3) is 0 Å². The monoisotopic (exact) mass is 376 g/mol. The molecule has 0 saturated heterocycles. The summed E-state index contributed by atoms with van der Waals surface area (Å²) in [6.07, 6.45) is 0.653. The predicted molar refractivity (Wildman–Crippen MR) is 102 cm³/mol. The molecule has 26 heavy (non-hydrogen) atoms. The number of hydrogen-bond acceptors (Lipinski definition) is 5. The van der Waals surface area contributed by atoms with Crippen molar-refractivity contribution in [2.75, 3.05) is 32.1 Å². The zero-order chi connectivity index (χ0) is 19.2. The predicted octanol–water partition coefficient (Wildman–Crippen LogP) is 2.59. The highest BCUT2D eigenvalue weighted by Crippen LogP contribution is 2.16. The number of benzene rings is 2. The minimum Gasteiger partial charge on any atom is -0.465 e. The van der Waals surface area contributed by atoms with Crippen molar-refractivity contribution in [2.24, 2.45) is 0 Å². The van der Waals surface area contributed by atoms with E-state index in [2.05, 4.69) is 9.62 Å². The number of rotatable bonds is 8. The van der Waals surface area contributed by atoms with Crippen LogP contribution in [0.4, 0.5) is 5.69 Å². The van der Waals surface area contributed by atoms with Gasteiger partial charge in [0.1, 0.15) is 0 Å². The minimum absolute atomic E-state index is 0.0555. The van der Waals surface area contributed by atoms with Gasteiger partial charge in [-0.15, -0.1) is 0 Å². The van der Waals surface area contributed by atoms with E-state index >= 15 is 0 Å². The first kappa shape index (κ1) is 19.9. The zero-order valence-corrected chi connectivity index (χ0v) is 16.0. The molecule has 0 heterocycles. The van der Waals surface area contributed by atoms with Crippen LogP contribution in [0.25, 0.3) is 0 Å². The second-order valence-electron chi connectivity index (χ2n) is 5.98. The Morgan fingerprint density at radius 3 is 2.50 bits per heavy atom. The summed E-state index contributed by atoms with van der Waals surface area (Å²) in [5, 5.41) is 0. The molecule has 0 bridgehead atoms. The highest BCUT2D eigenvalue weighted by Gasteiger charge is 2.18. The smallest absolute Gasteiger partial charge is 0.338 e. The summed E-state index contributed by atoms with van der Waals surface area (Å²) in [7, 11) is -0.447. The minimum atomic E-state index is -3.68. The molecule has 0 aliphatic rings. The summed E-state index contributed by atoms with van der Waals surface area (Å²) in [5.74, 6) is -0.552. The number of nitrogens with one attached hydrogen (secondary N) is 1. The maximum atomic E-state index is 12.4. The molecule has 0 aliphatic heterocycles. The normalized spacial score (nSPS) is 11.2. The third-order valence-electron chi connectivity index (χ3n) is 4.08. The lowest BCUT2D eigenvalue weighted by Gasteiger charge is -2.19. The number of anilines is 1. The Bertz CT molecular complexity index is 851. The Hall–Kier alpha value is -2.38. The second kappa shape index (κ2) is 8.82. The molecule has 0 spiro atoms. The maximum absolute atomic E-state index is 12.4. The number of methoxy groups -OCH3 is 1. The molecule has 140 valence electrons. The van der Waals surface area contributed by atoms with Gasteiger partial charge in [-0.1, -0.05) is 24.3 Å². The van der Waals surface area contributed by atoms with Gasteiger partial charge in [0, 0.05) is 25.8 Å². The largest absolute Gasteiger partial charge is 0.465 e. The lowest BCUT2D eigenvalue weighted by atomic mass is 10.1. The van der Waals surface area contributed by atoms with Gasteiger partial charge in [0.2, 0.25) is 10.0 Å². The highest BCUT2D eigenvalue weighted by atomic mass is 32.2. The van der Waals surface area contributed by atoms with E-state index in [4.69, 9.17) is 4.74 Å². The molecule has 2 aromatic carbocycles. The van der Waals surface area contributed by atoms with E-state index in [0.717, 1.165) is 5.69 Å². The van der Waals surface area contributed by atoms with E-state index in [1.54, 1.807) is 13.0 Å². The first-order valence-electron chi connectivity index (χ1n) is 8.30. The number of nitrogens with zero attached hydrogens (tertiary/aromatic N) is 1. The molecule has 1 N–H and O–H groups in total. The number of hydrogen-bond donors (Lipinski definition) is 1. The second-order valence-corrected chi connectivity index (χ2v) is 7.74. The molecule has 0 amide bonds. The molecule has 2 rings (SSSR count). The average molecular weight is 376 g/mol. The molecular formula is C19H24N2O4S. The van der Waals surface area contributed by atoms with E-state index in [0.29, 0.717) is 25.1 Å². The Morgan fingerprint density at radius 1 is 1.15 bits per heavy atom. The number of carbonyl (C=O) groups is 1. The van der Waals surface area contributed by atoms with Crippen molar-refractivity contribution in [1.82, 2.24) is 4.72 Å². The van der Waals surface area contributed by atoms with Crippen LogP contribution in [0.3, 0.4) is 0 Å². The molecule has 0 atom stereocenters. The van der Waals surface area contributed by atoms with Crippen molar-refractivity contribution < 1.29 is 17.9 Å². The first-order valence-corrected chi connectivity index (χ1v) is 9.78. The third kappa shape index (κ3) is 5.06. The van der Waals surface area contributed by atoms with Crippen LogP contribution in [0, 0.1) is 6.92 Å². The van der Waals surface area contributed by atoms with Crippen LogP contribution < -0.4 is 9.62 Å². The summed E-state index contributed by atoms with van der Waals surface area (Å²) >= 11 is 0. The third-order valence-corrected chi connectivity index (χ3v) is 5.54. The average Bonchev–Trinajstić information content (AvgIpc) is 2.65. The molecule has 7 heteroatoms. The van der Waals surface area contributed by atoms with Crippen LogP contribution in [-0.4, -0.2) is 41.6 Å². The van der Waals surface area contributed by atoms with Crippen molar-refractivity contribution in [2.45, 2.75) is 18.2 Å². The molecule has 0 aromatic heterocycles. The highest BCUT2D eigenvalue weighted by molar-refractivity contribution is 7.89. The molecule has 0 fully saturated rings. The van der Waals surface area contributed by atoms with E-state index in [-0.39, 0.29) is 10.5 Å². The summed E-state index contributed by atoms with van der Waals surface area (Å²) in [6, 6.07) is 14.3. The topological polar surface area (TPSA) is 75.7 Å². The van der Waals surface area contributed by atoms with Crippen molar-refractivity contribution in [3.05, 3.63) is 59.7 Å². The molecular weight excluding hydrogens is 352 g/mol. The number of carbonyl (C=O) groups excluding carboxylic acids is 1. The summed E-state index contributed by atoms with van der Waals surface area (Å²) in [6.45, 7) is 2.75. The van der Waals surface area contributed by atoms with Crippen molar-refractivity contribution in [1.29, 1.82) is 0 Å². The summed E-state index contributed by atoms with van der Waals surface area (Å²) in [5.41, 5.74) is 2.00. The molecule has 2 aromatic rings. The van der Waals surface area contributed by atoms with Gasteiger partial charge in [0.15, 0.2) is 0 Å². The van der Waals surface area contributed by atoms with Crippen LogP contribution in [0.1, 0.15) is 22.3 Å². The molecule has 0 aliphatic carbocycles. The number of aryl methyl sites for hydroxylation is 1. The number of ether oxygens (including phenoxy) is 1. The quantitative estimate of drug-likeness (QED) is 0.566. The van der Waals surface area contributed by atoms with E-state index in [9.17, 15) is 13.2 Å². The van der Waals surface area contributed by atoms with Gasteiger partial charge < -0.3 is 9.64 Å². The fraction of sp³-hybridized carbons (Fsp3) is 0.316. The number of para-hydroxylation sites is 1. The number of sulfonamides is 1. The first-order chi connectivity index (χ1) is 12.3. The molecule has 0 unspecified atom stereocenters. The fourth-order valence-electron chi connectivity index (χ4n) is 2.52. The van der Waals surface area contributed by atoms with Crippen LogP contribution in [0.5, 0.6) is 0 Å². The van der Waals surface area contributed by atoms with E-state index in [1.807, 2.05) is 37.4 Å². The van der Waals surface area contributed by atoms with Gasteiger partial charge in [-0.2, -0.15) is 0 Å². The molecule has 0 radical (unpaired) electrons. The van der Waals surface area contributed by atoms with E-state index < -0.39 is 16.0 Å². The van der Waals surface area contributed by atoms with Crippen LogP contribution in [0.15, 0.2) is 53.4 Å². The zero-order valence-electron chi connectivity index (χ0n) is 15.2. The Morgan fingerprint density at radius 2 is 1.85 bits per heavy atom. The molecule has 6 nitrogen and oxygen atoms in total. The van der Waals surface area contributed by atoms with Crippen LogP contribution in [0.2, 0.25) is 0 Å². The Kier molecular flexibility index (Phi) is 6.76. The number of esters is 1. The maximum Gasteiger partial charge on any atom is 0.338 e. The summed E-state index contributed by atoms with van der Waals surface area (Å²) < 4.78 is 32.2. The van der Waals surface area contributed by atoms with Gasteiger partial charge >= 0.3 is 5.97 Å².